The van der Waals surface area contributed by atoms with Crippen molar-refractivity contribution >= 4 is 18.9 Å². The number of H-pyrrole nitrogens is 1. The van der Waals surface area contributed by atoms with Crippen molar-refractivity contribution in [2.45, 2.75) is 76.6 Å². The summed E-state index contributed by atoms with van der Waals surface area (Å²) in [6.45, 7) is 13.8. The number of morpholine rings is 1. The molecule has 166 valence electrons. The number of hydrogen-bond acceptors (Lipinski definition) is 6. The van der Waals surface area contributed by atoms with Crippen molar-refractivity contribution in [2.24, 2.45) is 5.92 Å². The summed E-state index contributed by atoms with van der Waals surface area (Å²) in [4.78, 5) is 26.6. The maximum atomic E-state index is 12.4. The molecule has 0 unspecified atom stereocenters. The lowest BCUT2D eigenvalue weighted by molar-refractivity contribution is -0.104. The Labute approximate surface area is 182 Å². The van der Waals surface area contributed by atoms with Crippen LogP contribution < -0.4 is 11.2 Å². The van der Waals surface area contributed by atoms with Crippen LogP contribution in [0.15, 0.2) is 27.9 Å². The Morgan fingerprint density at radius 3 is 2.90 bits per heavy atom. The Hall–Kier alpha value is -0.920. The molecule has 1 N–H and O–H groups in total. The van der Waals surface area contributed by atoms with Crippen LogP contribution in [0, 0.1) is 12.8 Å². The first-order valence-corrected chi connectivity index (χ1v) is 13.4. The van der Waals surface area contributed by atoms with Gasteiger partial charge in [-0.25, -0.2) is 9.46 Å². The van der Waals surface area contributed by atoms with Crippen molar-refractivity contribution in [3.05, 3.63) is 44.8 Å². The van der Waals surface area contributed by atoms with E-state index >= 15 is 0 Å². The van der Waals surface area contributed by atoms with Crippen molar-refractivity contribution < 1.29 is 9.26 Å². The largest absolute Gasteiger partial charge is 0.352 e. The third-order valence-corrected chi connectivity index (χ3v) is 11.6. The molecule has 2 saturated heterocycles. The normalized spacial score (nSPS) is 37.1. The zero-order valence-electron chi connectivity index (χ0n) is 18.2. The highest BCUT2D eigenvalue weighted by molar-refractivity contribution is 8.54. The maximum absolute atomic E-state index is 12.4. The van der Waals surface area contributed by atoms with E-state index in [1.165, 1.54) is 16.6 Å². The van der Waals surface area contributed by atoms with E-state index < -0.39 is 19.4 Å². The van der Waals surface area contributed by atoms with E-state index in [-0.39, 0.29) is 22.5 Å². The van der Waals surface area contributed by atoms with Crippen molar-refractivity contribution in [1.29, 1.82) is 0 Å². The molecule has 0 radical (unpaired) electrons. The number of nitrogens with zero attached hydrogens (tertiary/aromatic N) is 2. The van der Waals surface area contributed by atoms with Gasteiger partial charge in [0.2, 0.25) is 0 Å². The summed E-state index contributed by atoms with van der Waals surface area (Å²) in [7, 11) is -0.820. The molecular formula is C21H32N3O4PS. The average molecular weight is 454 g/mol. The Morgan fingerprint density at radius 2 is 2.20 bits per heavy atom. The van der Waals surface area contributed by atoms with Crippen molar-refractivity contribution in [2.75, 3.05) is 13.1 Å². The van der Waals surface area contributed by atoms with E-state index in [0.29, 0.717) is 18.0 Å². The zero-order chi connectivity index (χ0) is 21.6. The molecule has 7 nitrogen and oxygen atoms in total. The van der Waals surface area contributed by atoms with E-state index in [2.05, 4.69) is 37.0 Å². The molecule has 3 aliphatic rings. The van der Waals surface area contributed by atoms with Crippen LogP contribution >= 0.6 is 18.9 Å². The third-order valence-electron chi connectivity index (χ3n) is 6.64. The molecule has 0 spiro atoms. The molecule has 4 rings (SSSR count). The molecule has 0 amide bonds. The standard InChI is InChI=1S/C21H32N3O4PS/c1-6-16-11-23(12-18(27-16)24-10-14(4)19(25)22-20(24)26)29-28-17-9-15(13(2)3)7-8-21(17,5)30-29/h10,15-18H,2,6-9,11-12H2,1,3-5H3,(H,22,25,26)/t15-,16-,17+,18-,21+,29-/m1/s1. The van der Waals surface area contributed by atoms with Crippen LogP contribution in [0.25, 0.3) is 0 Å². The summed E-state index contributed by atoms with van der Waals surface area (Å²) < 4.78 is 16.9. The van der Waals surface area contributed by atoms with Gasteiger partial charge in [-0.2, -0.15) is 0 Å². The van der Waals surface area contributed by atoms with Crippen LogP contribution in [-0.2, 0) is 9.26 Å². The molecular weight excluding hydrogens is 421 g/mol. The molecule has 0 aromatic carbocycles. The molecule has 1 aromatic heterocycles. The Morgan fingerprint density at radius 1 is 1.43 bits per heavy atom. The van der Waals surface area contributed by atoms with Gasteiger partial charge in [0.15, 0.2) is 13.7 Å². The van der Waals surface area contributed by atoms with Crippen molar-refractivity contribution in [3.8, 4) is 0 Å². The van der Waals surface area contributed by atoms with Gasteiger partial charge in [-0.1, -0.05) is 30.5 Å². The Balaban J connectivity index is 1.54. The summed E-state index contributed by atoms with van der Waals surface area (Å²) >= 11 is 1.97. The van der Waals surface area contributed by atoms with Gasteiger partial charge >= 0.3 is 5.69 Å². The lowest BCUT2D eigenvalue weighted by atomic mass is 9.77. The van der Waals surface area contributed by atoms with Crippen LogP contribution in [0.4, 0.5) is 0 Å². The molecule has 2 aliphatic heterocycles. The van der Waals surface area contributed by atoms with Crippen LogP contribution in [0.1, 0.15) is 58.2 Å². The highest BCUT2D eigenvalue weighted by atomic mass is 32.7. The molecule has 1 aromatic rings. The summed E-state index contributed by atoms with van der Waals surface area (Å²) in [5, 5.41) is 0. The van der Waals surface area contributed by atoms with Gasteiger partial charge in [-0.3, -0.25) is 14.3 Å². The van der Waals surface area contributed by atoms with Crippen LogP contribution in [0.2, 0.25) is 0 Å². The molecule has 9 heteroatoms. The topological polar surface area (TPSA) is 76.6 Å². The second-order valence-corrected chi connectivity index (χ2v) is 12.9. The lowest BCUT2D eigenvalue weighted by Crippen LogP contribution is -2.46. The van der Waals surface area contributed by atoms with Crippen molar-refractivity contribution in [1.82, 2.24) is 14.2 Å². The van der Waals surface area contributed by atoms with Gasteiger partial charge in [-0.05, 0) is 52.4 Å². The number of ether oxygens (including phenoxy) is 1. The maximum Gasteiger partial charge on any atom is 0.330 e. The predicted octanol–water partition coefficient (Wildman–Crippen LogP) is 3.95. The minimum absolute atomic E-state index is 0.0215. The monoisotopic (exact) mass is 453 g/mol. The van der Waals surface area contributed by atoms with E-state index in [9.17, 15) is 9.59 Å². The third kappa shape index (κ3) is 4.22. The highest BCUT2D eigenvalue weighted by Crippen LogP contribution is 2.71. The van der Waals surface area contributed by atoms with Crippen molar-refractivity contribution in [3.63, 3.8) is 0 Å². The molecule has 0 bridgehead atoms. The minimum Gasteiger partial charge on any atom is -0.352 e. The first-order valence-electron chi connectivity index (χ1n) is 10.7. The average Bonchev–Trinajstić information content (AvgIpc) is 3.06. The number of hydrogen-bond donors (Lipinski definition) is 1. The van der Waals surface area contributed by atoms with Gasteiger partial charge in [0.25, 0.3) is 5.56 Å². The van der Waals surface area contributed by atoms with E-state index in [0.717, 1.165) is 25.8 Å². The van der Waals surface area contributed by atoms with E-state index in [1.54, 1.807) is 13.1 Å². The molecule has 6 atom stereocenters. The first-order chi connectivity index (χ1) is 14.2. The van der Waals surface area contributed by atoms with Gasteiger partial charge < -0.3 is 9.26 Å². The van der Waals surface area contributed by atoms with Crippen LogP contribution in [0.3, 0.4) is 0 Å². The number of aromatic amines is 1. The predicted molar refractivity (Wildman–Crippen MR) is 122 cm³/mol. The molecule has 3 heterocycles. The van der Waals surface area contributed by atoms with Crippen LogP contribution in [0.5, 0.6) is 0 Å². The Kier molecular flexibility index (Phi) is 6.35. The van der Waals surface area contributed by atoms with Gasteiger partial charge in [0.05, 0.1) is 18.8 Å². The van der Waals surface area contributed by atoms with E-state index in [4.69, 9.17) is 9.26 Å². The quantitative estimate of drug-likeness (QED) is 0.550. The number of aryl methyl sites for hydroxylation is 1. The number of allylic oxidation sites excluding steroid dienone is 1. The smallest absolute Gasteiger partial charge is 0.330 e. The fourth-order valence-corrected chi connectivity index (χ4v) is 9.70. The van der Waals surface area contributed by atoms with Gasteiger partial charge in [-0.15, -0.1) is 0 Å². The Bertz CT molecular complexity index is 934. The second-order valence-electron chi connectivity index (χ2n) is 9.02. The highest BCUT2D eigenvalue weighted by Gasteiger charge is 2.52. The minimum atomic E-state index is -0.820. The van der Waals surface area contributed by atoms with E-state index in [1.807, 2.05) is 11.4 Å². The summed E-state index contributed by atoms with van der Waals surface area (Å²) in [6.07, 6.45) is 5.65. The number of fused-ring (bicyclic) bond motifs is 1. The molecule has 3 fully saturated rings. The number of rotatable bonds is 4. The summed E-state index contributed by atoms with van der Waals surface area (Å²) in [6, 6.07) is 0. The fraction of sp³-hybridized carbons (Fsp3) is 0.714. The van der Waals surface area contributed by atoms with Gasteiger partial charge in [0, 0.05) is 23.1 Å². The second kappa shape index (κ2) is 8.55. The molecule has 1 aliphatic carbocycles. The zero-order valence-corrected chi connectivity index (χ0v) is 19.9. The summed E-state index contributed by atoms with van der Waals surface area (Å²) in [5.74, 6) is 0.544. The first kappa shape index (κ1) is 22.3. The molecule has 30 heavy (non-hydrogen) atoms. The number of aromatic nitrogens is 2. The molecule has 1 saturated carbocycles. The lowest BCUT2D eigenvalue weighted by Gasteiger charge is -2.39. The van der Waals surface area contributed by atoms with Gasteiger partial charge in [0.1, 0.15) is 0 Å². The fourth-order valence-electron chi connectivity index (χ4n) is 4.50. The SMILES string of the molecule is C=C(C)[C@@H]1CC[C@]2(C)S[P@](N3C[C@@H](CC)O[C@@H](n4cc(C)c(=O)[nH]c4=O)C3)O[C@H]2C1. The van der Waals surface area contributed by atoms with Crippen LogP contribution in [-0.4, -0.2) is 44.3 Å². The summed E-state index contributed by atoms with van der Waals surface area (Å²) in [5.41, 5.74) is 0.987. The number of nitrogens with one attached hydrogen (secondary N) is 1.